The number of benzene rings is 1. The lowest BCUT2D eigenvalue weighted by atomic mass is 9.96. The van der Waals surface area contributed by atoms with Gasteiger partial charge in [-0.25, -0.2) is 4.79 Å². The smallest absolute Gasteiger partial charge is 0.408 e. The third-order valence-electron chi connectivity index (χ3n) is 4.52. The van der Waals surface area contributed by atoms with Crippen LogP contribution in [0, 0.1) is 18.3 Å². The fourth-order valence-electron chi connectivity index (χ4n) is 3.27. The first-order chi connectivity index (χ1) is 14.8. The van der Waals surface area contributed by atoms with Gasteiger partial charge in [0.25, 0.3) is 0 Å². The van der Waals surface area contributed by atoms with Gasteiger partial charge in [0.05, 0.1) is 0 Å². The van der Waals surface area contributed by atoms with Crippen LogP contribution in [-0.2, 0) is 14.3 Å². The van der Waals surface area contributed by atoms with Gasteiger partial charge in [0.1, 0.15) is 17.7 Å². The van der Waals surface area contributed by atoms with E-state index in [1.165, 1.54) is 4.90 Å². The molecule has 0 aliphatic heterocycles. The van der Waals surface area contributed by atoms with E-state index >= 15 is 0 Å². The highest BCUT2D eigenvalue weighted by atomic mass is 16.6. The van der Waals surface area contributed by atoms with Crippen LogP contribution >= 0.6 is 0 Å². The number of nitrogens with one attached hydrogen (secondary N) is 2. The maximum atomic E-state index is 13.5. The topological polar surface area (TPSA) is 87.7 Å². The summed E-state index contributed by atoms with van der Waals surface area (Å²) < 4.78 is 5.33. The minimum Gasteiger partial charge on any atom is -0.444 e. The number of alkyl carbamates (subject to hydrolysis) is 1. The molecule has 176 valence electrons. The third-order valence-corrected chi connectivity index (χ3v) is 4.52. The summed E-state index contributed by atoms with van der Waals surface area (Å²) in [6.07, 6.45) is 5.36. The van der Waals surface area contributed by atoms with E-state index in [-0.39, 0.29) is 17.9 Å². The molecule has 0 aliphatic carbocycles. The van der Waals surface area contributed by atoms with Crippen molar-refractivity contribution in [3.8, 4) is 12.3 Å². The van der Waals surface area contributed by atoms with Crippen molar-refractivity contribution >= 4 is 17.9 Å². The van der Waals surface area contributed by atoms with E-state index in [0.717, 1.165) is 0 Å². The molecule has 2 atom stereocenters. The number of carbonyl (C=O) groups excluding carboxylic acids is 3. The van der Waals surface area contributed by atoms with Crippen molar-refractivity contribution < 1.29 is 19.1 Å². The average molecular weight is 444 g/mol. The van der Waals surface area contributed by atoms with Crippen LogP contribution in [0.25, 0.3) is 0 Å². The van der Waals surface area contributed by atoms with Gasteiger partial charge in [-0.1, -0.05) is 38.0 Å². The standard InChI is InChI=1S/C25H37N3O4/c1-10-18-13-11-12-14-19(18)21(22(29)26-17(4)5)28(9)23(30)20(15-16(2)3)27-24(31)32-25(6,7)8/h1,11-14,16-17,20-21H,15H2,2-9H3,(H,26,29)(H,27,31). The Morgan fingerprint density at radius 3 is 2.19 bits per heavy atom. The Morgan fingerprint density at radius 1 is 1.09 bits per heavy atom. The molecule has 0 bridgehead atoms. The summed E-state index contributed by atoms with van der Waals surface area (Å²) >= 11 is 0. The number of hydrogen-bond donors (Lipinski definition) is 2. The Morgan fingerprint density at radius 2 is 1.69 bits per heavy atom. The van der Waals surface area contributed by atoms with E-state index in [9.17, 15) is 14.4 Å². The zero-order chi connectivity index (χ0) is 24.6. The first-order valence-corrected chi connectivity index (χ1v) is 10.9. The lowest BCUT2D eigenvalue weighted by Gasteiger charge is -2.33. The van der Waals surface area contributed by atoms with Gasteiger partial charge in [0.2, 0.25) is 11.8 Å². The van der Waals surface area contributed by atoms with Gasteiger partial charge in [-0.2, -0.15) is 0 Å². The van der Waals surface area contributed by atoms with Crippen molar-refractivity contribution in [1.82, 2.24) is 15.5 Å². The van der Waals surface area contributed by atoms with Gasteiger partial charge < -0.3 is 20.3 Å². The van der Waals surface area contributed by atoms with Gasteiger partial charge >= 0.3 is 6.09 Å². The molecule has 7 nitrogen and oxygen atoms in total. The van der Waals surface area contributed by atoms with E-state index < -0.39 is 29.7 Å². The molecule has 1 aromatic rings. The number of amides is 3. The second-order valence-corrected chi connectivity index (χ2v) is 9.57. The van der Waals surface area contributed by atoms with Gasteiger partial charge in [-0.15, -0.1) is 6.42 Å². The molecule has 0 radical (unpaired) electrons. The summed E-state index contributed by atoms with van der Waals surface area (Å²) in [6.45, 7) is 12.8. The summed E-state index contributed by atoms with van der Waals surface area (Å²) in [5, 5.41) is 5.54. The maximum Gasteiger partial charge on any atom is 0.408 e. The SMILES string of the molecule is C#Cc1ccccc1C(C(=O)NC(C)C)N(C)C(=O)C(CC(C)C)NC(=O)OC(C)(C)C. The van der Waals surface area contributed by atoms with Gasteiger partial charge in [0.15, 0.2) is 0 Å². The summed E-state index contributed by atoms with van der Waals surface area (Å²) in [7, 11) is 1.55. The largest absolute Gasteiger partial charge is 0.444 e. The highest BCUT2D eigenvalue weighted by Crippen LogP contribution is 2.25. The molecule has 32 heavy (non-hydrogen) atoms. The highest BCUT2D eigenvalue weighted by molar-refractivity contribution is 5.92. The fraction of sp³-hybridized carbons (Fsp3) is 0.560. The number of carbonyl (C=O) groups is 3. The quantitative estimate of drug-likeness (QED) is 0.601. The maximum absolute atomic E-state index is 13.5. The number of nitrogens with zero attached hydrogens (tertiary/aromatic N) is 1. The molecule has 3 amide bonds. The van der Waals surface area contributed by atoms with Gasteiger partial charge in [-0.05, 0) is 58.6 Å². The third kappa shape index (κ3) is 8.26. The molecule has 0 aromatic heterocycles. The summed E-state index contributed by atoms with van der Waals surface area (Å²) in [6, 6.07) is 5.08. The monoisotopic (exact) mass is 443 g/mol. The van der Waals surface area contributed by atoms with Crippen LogP contribution in [0.2, 0.25) is 0 Å². The number of rotatable bonds is 8. The van der Waals surface area contributed by atoms with Crippen LogP contribution in [0.1, 0.15) is 72.1 Å². The molecular formula is C25H37N3O4. The van der Waals surface area contributed by atoms with E-state index in [0.29, 0.717) is 17.5 Å². The number of hydrogen-bond acceptors (Lipinski definition) is 4. The molecule has 0 aliphatic rings. The molecular weight excluding hydrogens is 406 g/mol. The zero-order valence-electron chi connectivity index (χ0n) is 20.5. The molecule has 0 heterocycles. The second-order valence-electron chi connectivity index (χ2n) is 9.57. The van der Waals surface area contributed by atoms with Gasteiger partial charge in [-0.3, -0.25) is 9.59 Å². The van der Waals surface area contributed by atoms with Crippen molar-refractivity contribution in [3.05, 3.63) is 35.4 Å². The second kappa shape index (κ2) is 11.6. The zero-order valence-corrected chi connectivity index (χ0v) is 20.5. The van der Waals surface area contributed by atoms with Gasteiger partial charge in [0, 0.05) is 18.7 Å². The average Bonchev–Trinajstić information content (AvgIpc) is 2.64. The van der Waals surface area contributed by atoms with E-state index in [4.69, 9.17) is 11.2 Å². The molecule has 1 rings (SSSR count). The van der Waals surface area contributed by atoms with Crippen molar-refractivity contribution in [2.45, 2.75) is 78.6 Å². The van der Waals surface area contributed by atoms with Crippen LogP contribution in [0.5, 0.6) is 0 Å². The molecule has 0 fully saturated rings. The summed E-state index contributed by atoms with van der Waals surface area (Å²) in [5.41, 5.74) is 0.369. The van der Waals surface area contributed by atoms with Crippen molar-refractivity contribution in [3.63, 3.8) is 0 Å². The predicted molar refractivity (Wildman–Crippen MR) is 126 cm³/mol. The molecule has 1 aromatic carbocycles. The number of likely N-dealkylation sites (N-methyl/N-ethyl adjacent to an activating group) is 1. The minimum atomic E-state index is -0.952. The predicted octanol–water partition coefficient (Wildman–Crippen LogP) is 3.63. The van der Waals surface area contributed by atoms with Crippen LogP contribution in [-0.4, -0.2) is 47.5 Å². The minimum absolute atomic E-state index is 0.119. The Kier molecular flexibility index (Phi) is 9.77. The Labute approximate surface area is 192 Å². The molecule has 2 unspecified atom stereocenters. The normalized spacial score (nSPS) is 13.2. The molecule has 0 saturated carbocycles. The Balaban J connectivity index is 3.33. The van der Waals surface area contributed by atoms with Crippen molar-refractivity contribution in [2.75, 3.05) is 7.05 Å². The summed E-state index contributed by atoms with van der Waals surface area (Å²) in [4.78, 5) is 40.4. The summed E-state index contributed by atoms with van der Waals surface area (Å²) in [5.74, 6) is 1.96. The molecule has 0 spiro atoms. The van der Waals surface area contributed by atoms with Crippen LogP contribution in [0.15, 0.2) is 24.3 Å². The highest BCUT2D eigenvalue weighted by Gasteiger charge is 2.35. The van der Waals surface area contributed by atoms with Crippen molar-refractivity contribution in [1.29, 1.82) is 0 Å². The number of ether oxygens (including phenoxy) is 1. The van der Waals surface area contributed by atoms with Crippen LogP contribution in [0.4, 0.5) is 4.79 Å². The molecule has 7 heteroatoms. The number of terminal acetylenes is 1. The molecule has 0 saturated heterocycles. The first-order valence-electron chi connectivity index (χ1n) is 10.9. The van der Waals surface area contributed by atoms with E-state index in [1.807, 2.05) is 27.7 Å². The molecule has 2 N–H and O–H groups in total. The lowest BCUT2D eigenvalue weighted by Crippen LogP contribution is -2.52. The van der Waals surface area contributed by atoms with E-state index in [1.54, 1.807) is 52.1 Å². The van der Waals surface area contributed by atoms with Crippen LogP contribution < -0.4 is 10.6 Å². The Bertz CT molecular complexity index is 849. The Hall–Kier alpha value is -3.01. The van der Waals surface area contributed by atoms with Crippen molar-refractivity contribution in [2.24, 2.45) is 5.92 Å². The van der Waals surface area contributed by atoms with Crippen LogP contribution in [0.3, 0.4) is 0 Å². The first kappa shape index (κ1) is 27.0. The van der Waals surface area contributed by atoms with E-state index in [2.05, 4.69) is 16.6 Å². The fourth-order valence-corrected chi connectivity index (χ4v) is 3.27. The lowest BCUT2D eigenvalue weighted by molar-refractivity contribution is -0.141.